The van der Waals surface area contributed by atoms with Gasteiger partial charge in [0.15, 0.2) is 11.5 Å². The normalized spacial score (nSPS) is 13.9. The van der Waals surface area contributed by atoms with Gasteiger partial charge < -0.3 is 14.2 Å². The highest BCUT2D eigenvalue weighted by Crippen LogP contribution is 2.33. The second kappa shape index (κ2) is 5.92. The van der Waals surface area contributed by atoms with Crippen molar-refractivity contribution in [2.24, 2.45) is 0 Å². The van der Waals surface area contributed by atoms with Crippen molar-refractivity contribution in [3.8, 4) is 0 Å². The molecule has 0 spiro atoms. The average molecular weight is 326 g/mol. The first-order chi connectivity index (χ1) is 10.6. The van der Waals surface area contributed by atoms with Crippen molar-refractivity contribution in [1.29, 1.82) is 0 Å². The second-order valence-electron chi connectivity index (χ2n) is 4.78. The van der Waals surface area contributed by atoms with Crippen LogP contribution in [0, 0.1) is 5.82 Å². The van der Waals surface area contributed by atoms with Crippen molar-refractivity contribution in [3.63, 3.8) is 0 Å². The molecule has 0 unspecified atom stereocenters. The van der Waals surface area contributed by atoms with E-state index < -0.39 is 11.8 Å². The minimum Gasteiger partial charge on any atom is -0.461 e. The van der Waals surface area contributed by atoms with Gasteiger partial charge in [-0.1, -0.05) is 16.8 Å². The highest BCUT2D eigenvalue weighted by molar-refractivity contribution is 6.33. The number of rotatable bonds is 3. The minimum absolute atomic E-state index is 0.132. The van der Waals surface area contributed by atoms with E-state index in [9.17, 15) is 9.18 Å². The third-order valence-electron chi connectivity index (χ3n) is 3.44. The van der Waals surface area contributed by atoms with E-state index in [1.165, 1.54) is 6.20 Å². The summed E-state index contributed by atoms with van der Waals surface area (Å²) in [5, 5.41) is 3.99. The number of fused-ring (bicyclic) bond motifs is 1. The van der Waals surface area contributed by atoms with Crippen LogP contribution in [0.4, 0.5) is 10.1 Å². The molecule has 0 aromatic carbocycles. The molecule has 6 nitrogen and oxygen atoms in total. The van der Waals surface area contributed by atoms with Crippen molar-refractivity contribution < 1.29 is 18.4 Å². The molecular weight excluding hydrogens is 313 g/mol. The number of aromatic nitrogens is 2. The van der Waals surface area contributed by atoms with Gasteiger partial charge in [0, 0.05) is 31.3 Å². The lowest BCUT2D eigenvalue weighted by Gasteiger charge is -2.28. The van der Waals surface area contributed by atoms with Crippen molar-refractivity contribution >= 4 is 23.3 Å². The molecule has 0 saturated carbocycles. The molecule has 0 fully saturated rings. The lowest BCUT2D eigenvalue weighted by molar-refractivity contribution is 0.0513. The summed E-state index contributed by atoms with van der Waals surface area (Å²) >= 11 is 6.04. The first kappa shape index (κ1) is 14.8. The number of hydrogen-bond acceptors (Lipinski definition) is 6. The standard InChI is InChI=1S/C14H13ClFN3O3/c1-2-21-14(20)12-8-7-19(4-3-11(8)22-18-12)13-9(15)5-17-6-10(13)16/h5-6H,2-4,7H2,1H3. The quantitative estimate of drug-likeness (QED) is 0.808. The van der Waals surface area contributed by atoms with Gasteiger partial charge in [-0.15, -0.1) is 0 Å². The maximum Gasteiger partial charge on any atom is 0.360 e. The first-order valence-corrected chi connectivity index (χ1v) is 7.18. The minimum atomic E-state index is -0.546. The molecule has 116 valence electrons. The fourth-order valence-electron chi connectivity index (χ4n) is 2.47. The van der Waals surface area contributed by atoms with Crippen LogP contribution >= 0.6 is 11.6 Å². The molecular formula is C14H13ClFN3O3. The molecule has 8 heteroatoms. The summed E-state index contributed by atoms with van der Waals surface area (Å²) in [5.41, 5.74) is 1.00. The predicted molar refractivity (Wildman–Crippen MR) is 76.4 cm³/mol. The lowest BCUT2D eigenvalue weighted by atomic mass is 10.1. The average Bonchev–Trinajstić information content (AvgIpc) is 2.90. The van der Waals surface area contributed by atoms with E-state index in [0.29, 0.717) is 24.3 Å². The Labute approximate surface area is 130 Å². The molecule has 1 aliphatic heterocycles. The SMILES string of the molecule is CCOC(=O)c1noc2c1CN(c1c(F)cncc1Cl)CC2. The van der Waals surface area contributed by atoms with Crippen LogP contribution < -0.4 is 4.90 Å². The van der Waals surface area contributed by atoms with Crippen LogP contribution in [0.2, 0.25) is 5.02 Å². The van der Waals surface area contributed by atoms with Crippen LogP contribution in [0.15, 0.2) is 16.9 Å². The Morgan fingerprint density at radius 2 is 2.36 bits per heavy atom. The molecule has 2 aromatic rings. The third-order valence-corrected chi connectivity index (χ3v) is 3.72. The molecule has 0 aliphatic carbocycles. The van der Waals surface area contributed by atoms with E-state index in [-0.39, 0.29) is 29.6 Å². The summed E-state index contributed by atoms with van der Waals surface area (Å²) in [6.07, 6.45) is 2.99. The number of esters is 1. The summed E-state index contributed by atoms with van der Waals surface area (Å²) in [6.45, 7) is 2.73. The number of carbonyl (C=O) groups is 1. The third kappa shape index (κ3) is 2.52. The van der Waals surface area contributed by atoms with Crippen LogP contribution in [-0.2, 0) is 17.7 Å². The maximum atomic E-state index is 14.0. The fourth-order valence-corrected chi connectivity index (χ4v) is 2.73. The van der Waals surface area contributed by atoms with Gasteiger partial charge in [0.25, 0.3) is 0 Å². The van der Waals surface area contributed by atoms with Crippen molar-refractivity contribution in [3.05, 3.63) is 40.3 Å². The van der Waals surface area contributed by atoms with Gasteiger partial charge in [-0.25, -0.2) is 9.18 Å². The molecule has 2 aromatic heterocycles. The van der Waals surface area contributed by atoms with E-state index in [1.807, 2.05) is 0 Å². The Hall–Kier alpha value is -2.15. The topological polar surface area (TPSA) is 68.5 Å². The van der Waals surface area contributed by atoms with Gasteiger partial charge in [0.1, 0.15) is 5.76 Å². The zero-order valence-corrected chi connectivity index (χ0v) is 12.6. The van der Waals surface area contributed by atoms with Gasteiger partial charge in [-0.2, -0.15) is 0 Å². The largest absolute Gasteiger partial charge is 0.461 e. The number of nitrogens with zero attached hydrogens (tertiary/aromatic N) is 3. The Kier molecular flexibility index (Phi) is 3.98. The Morgan fingerprint density at radius 1 is 1.55 bits per heavy atom. The molecule has 3 heterocycles. The van der Waals surface area contributed by atoms with Gasteiger partial charge in [0.05, 0.1) is 23.5 Å². The molecule has 0 N–H and O–H groups in total. The van der Waals surface area contributed by atoms with Gasteiger partial charge in [-0.3, -0.25) is 4.98 Å². The van der Waals surface area contributed by atoms with Crippen LogP contribution in [-0.4, -0.2) is 29.3 Å². The Morgan fingerprint density at radius 3 is 3.09 bits per heavy atom. The zero-order valence-electron chi connectivity index (χ0n) is 11.8. The summed E-state index contributed by atoms with van der Waals surface area (Å²) < 4.78 is 24.1. The van der Waals surface area contributed by atoms with Crippen LogP contribution in [0.25, 0.3) is 0 Å². The van der Waals surface area contributed by atoms with E-state index in [0.717, 1.165) is 6.20 Å². The number of carbonyl (C=O) groups excluding carboxylic acids is 1. The molecule has 0 atom stereocenters. The van der Waals surface area contributed by atoms with E-state index in [1.54, 1.807) is 11.8 Å². The highest BCUT2D eigenvalue weighted by atomic mass is 35.5. The smallest absolute Gasteiger partial charge is 0.360 e. The number of hydrogen-bond donors (Lipinski definition) is 0. The van der Waals surface area contributed by atoms with Gasteiger partial charge in [-0.05, 0) is 6.92 Å². The first-order valence-electron chi connectivity index (χ1n) is 6.80. The Bertz CT molecular complexity index is 699. The van der Waals surface area contributed by atoms with E-state index >= 15 is 0 Å². The molecule has 0 radical (unpaired) electrons. The van der Waals surface area contributed by atoms with Crippen molar-refractivity contribution in [2.75, 3.05) is 18.1 Å². The molecule has 0 bridgehead atoms. The lowest BCUT2D eigenvalue weighted by Crippen LogP contribution is -2.31. The van der Waals surface area contributed by atoms with Gasteiger partial charge in [0.2, 0.25) is 0 Å². The number of pyridine rings is 1. The molecule has 22 heavy (non-hydrogen) atoms. The van der Waals surface area contributed by atoms with E-state index in [4.69, 9.17) is 20.9 Å². The second-order valence-corrected chi connectivity index (χ2v) is 5.18. The number of anilines is 1. The van der Waals surface area contributed by atoms with Crippen LogP contribution in [0.1, 0.15) is 28.7 Å². The number of halogens is 2. The van der Waals surface area contributed by atoms with Crippen LogP contribution in [0.3, 0.4) is 0 Å². The van der Waals surface area contributed by atoms with Crippen molar-refractivity contribution in [2.45, 2.75) is 19.9 Å². The van der Waals surface area contributed by atoms with Crippen molar-refractivity contribution in [1.82, 2.24) is 10.1 Å². The Balaban J connectivity index is 1.93. The summed E-state index contributed by atoms with van der Waals surface area (Å²) in [7, 11) is 0. The highest BCUT2D eigenvalue weighted by Gasteiger charge is 2.30. The maximum absolute atomic E-state index is 14.0. The summed E-state index contributed by atoms with van der Waals surface area (Å²) in [5.74, 6) is -0.439. The summed E-state index contributed by atoms with van der Waals surface area (Å²) in [6, 6.07) is 0. The zero-order chi connectivity index (χ0) is 15.7. The molecule has 0 amide bonds. The number of ether oxygens (including phenoxy) is 1. The summed E-state index contributed by atoms with van der Waals surface area (Å²) in [4.78, 5) is 17.3. The molecule has 3 rings (SSSR count). The van der Waals surface area contributed by atoms with E-state index in [2.05, 4.69) is 10.1 Å². The monoisotopic (exact) mass is 325 g/mol. The predicted octanol–water partition coefficient (Wildman–Crippen LogP) is 2.60. The van der Waals surface area contributed by atoms with Crippen LogP contribution in [0.5, 0.6) is 0 Å². The fraction of sp³-hybridized carbons (Fsp3) is 0.357. The molecule has 1 aliphatic rings. The molecule has 0 saturated heterocycles. The van der Waals surface area contributed by atoms with Gasteiger partial charge >= 0.3 is 5.97 Å².